The number of nitrogens with zero attached hydrogens (tertiary/aromatic N) is 2. The summed E-state index contributed by atoms with van der Waals surface area (Å²) >= 11 is 0. The first-order valence-electron chi connectivity index (χ1n) is 6.92. The van der Waals surface area contributed by atoms with Gasteiger partial charge in [0.25, 0.3) is 0 Å². The zero-order chi connectivity index (χ0) is 14.4. The maximum atomic E-state index is 5.55. The van der Waals surface area contributed by atoms with Crippen molar-refractivity contribution in [3.8, 4) is 5.88 Å². The highest BCUT2D eigenvalue weighted by atomic mass is 16.5. The van der Waals surface area contributed by atoms with E-state index in [4.69, 9.17) is 9.15 Å². The minimum atomic E-state index is 0.106. The minimum Gasteiger partial charge on any atom is -0.475 e. The molecule has 0 aromatic carbocycles. The van der Waals surface area contributed by atoms with Gasteiger partial charge in [0.1, 0.15) is 5.76 Å². The van der Waals surface area contributed by atoms with Gasteiger partial charge < -0.3 is 14.5 Å². The molecule has 20 heavy (non-hydrogen) atoms. The zero-order valence-corrected chi connectivity index (χ0v) is 12.2. The Morgan fingerprint density at radius 1 is 1.30 bits per heavy atom. The second-order valence-corrected chi connectivity index (χ2v) is 5.05. The van der Waals surface area contributed by atoms with Crippen LogP contribution in [-0.4, -0.2) is 22.1 Å². The first-order valence-corrected chi connectivity index (χ1v) is 6.92. The lowest BCUT2D eigenvalue weighted by molar-refractivity contribution is 0.232. The molecule has 0 aliphatic rings. The van der Waals surface area contributed by atoms with Crippen LogP contribution in [0.1, 0.15) is 33.0 Å². The van der Waals surface area contributed by atoms with Crippen LogP contribution in [0.25, 0.3) is 0 Å². The molecule has 5 heteroatoms. The molecule has 108 valence electrons. The van der Waals surface area contributed by atoms with Gasteiger partial charge in [0, 0.05) is 24.7 Å². The van der Waals surface area contributed by atoms with Crippen LogP contribution in [0.3, 0.4) is 0 Å². The largest absolute Gasteiger partial charge is 0.475 e. The molecule has 1 unspecified atom stereocenters. The lowest BCUT2D eigenvalue weighted by Gasteiger charge is -2.14. The van der Waals surface area contributed by atoms with Crippen molar-refractivity contribution in [1.82, 2.24) is 9.97 Å². The van der Waals surface area contributed by atoms with E-state index in [0.717, 1.165) is 18.6 Å². The summed E-state index contributed by atoms with van der Waals surface area (Å²) in [7, 11) is 0. The molecule has 2 rings (SSSR count). The van der Waals surface area contributed by atoms with Gasteiger partial charge in [-0.3, -0.25) is 0 Å². The number of aromatic nitrogens is 2. The van der Waals surface area contributed by atoms with Crippen molar-refractivity contribution in [2.75, 3.05) is 5.32 Å². The fourth-order valence-corrected chi connectivity index (χ4v) is 1.82. The van der Waals surface area contributed by atoms with Gasteiger partial charge in [-0.05, 0) is 39.3 Å². The maximum absolute atomic E-state index is 5.55. The first kappa shape index (κ1) is 14.4. The van der Waals surface area contributed by atoms with Gasteiger partial charge in [0.2, 0.25) is 11.8 Å². The molecule has 0 amide bonds. The number of ether oxygens (including phenoxy) is 1. The predicted octanol–water partition coefficient (Wildman–Crippen LogP) is 3.29. The van der Waals surface area contributed by atoms with Crippen LogP contribution in [0.5, 0.6) is 5.88 Å². The quantitative estimate of drug-likeness (QED) is 0.840. The van der Waals surface area contributed by atoms with Crippen LogP contribution >= 0.6 is 0 Å². The summed E-state index contributed by atoms with van der Waals surface area (Å²) in [5.41, 5.74) is 0. The average Bonchev–Trinajstić information content (AvgIpc) is 2.89. The third-order valence-corrected chi connectivity index (χ3v) is 2.77. The Hall–Kier alpha value is -2.04. The van der Waals surface area contributed by atoms with Crippen molar-refractivity contribution >= 4 is 5.95 Å². The van der Waals surface area contributed by atoms with Gasteiger partial charge in [-0.2, -0.15) is 4.98 Å². The summed E-state index contributed by atoms with van der Waals surface area (Å²) in [6, 6.07) is 5.91. The van der Waals surface area contributed by atoms with Crippen LogP contribution in [0.2, 0.25) is 0 Å². The van der Waals surface area contributed by atoms with Crippen LogP contribution < -0.4 is 10.1 Å². The molecule has 0 aliphatic heterocycles. The summed E-state index contributed by atoms with van der Waals surface area (Å²) in [4.78, 5) is 8.54. The Balaban J connectivity index is 1.85. The van der Waals surface area contributed by atoms with E-state index in [0.29, 0.717) is 11.8 Å². The predicted molar refractivity (Wildman–Crippen MR) is 77.9 cm³/mol. The van der Waals surface area contributed by atoms with Gasteiger partial charge in [-0.15, -0.1) is 0 Å². The van der Waals surface area contributed by atoms with Crippen LogP contribution in [-0.2, 0) is 6.42 Å². The number of hydrogen-bond donors (Lipinski definition) is 1. The third-order valence-electron chi connectivity index (χ3n) is 2.77. The number of furan rings is 1. The van der Waals surface area contributed by atoms with Gasteiger partial charge >= 0.3 is 0 Å². The summed E-state index contributed by atoms with van der Waals surface area (Å²) in [5, 5.41) is 3.27. The maximum Gasteiger partial charge on any atom is 0.226 e. The molecule has 2 aromatic rings. The Morgan fingerprint density at radius 2 is 2.15 bits per heavy atom. The smallest absolute Gasteiger partial charge is 0.226 e. The molecule has 0 bridgehead atoms. The number of nitrogens with one attached hydrogen (secondary N) is 1. The van der Waals surface area contributed by atoms with E-state index in [2.05, 4.69) is 22.2 Å². The van der Waals surface area contributed by atoms with E-state index in [-0.39, 0.29) is 12.1 Å². The number of rotatable bonds is 7. The van der Waals surface area contributed by atoms with Crippen molar-refractivity contribution in [3.63, 3.8) is 0 Å². The highest BCUT2D eigenvalue weighted by Crippen LogP contribution is 2.13. The second-order valence-electron chi connectivity index (χ2n) is 5.05. The topological polar surface area (TPSA) is 60.2 Å². The molecular weight excluding hydrogens is 254 g/mol. The van der Waals surface area contributed by atoms with E-state index in [1.165, 1.54) is 0 Å². The Labute approximate surface area is 119 Å². The molecule has 1 atom stereocenters. The molecule has 2 heterocycles. The fraction of sp³-hybridized carbons (Fsp3) is 0.467. The highest BCUT2D eigenvalue weighted by Gasteiger charge is 2.07. The van der Waals surface area contributed by atoms with E-state index in [1.54, 1.807) is 18.5 Å². The molecule has 0 spiro atoms. The zero-order valence-electron chi connectivity index (χ0n) is 12.2. The SMILES string of the molecule is CC(CCc1ccco1)Nc1nccc(OC(C)C)n1. The second kappa shape index (κ2) is 6.93. The van der Waals surface area contributed by atoms with E-state index in [1.807, 2.05) is 26.0 Å². The summed E-state index contributed by atoms with van der Waals surface area (Å²) < 4.78 is 10.9. The molecule has 5 nitrogen and oxygen atoms in total. The molecule has 1 N–H and O–H groups in total. The minimum absolute atomic E-state index is 0.106. The van der Waals surface area contributed by atoms with Crippen molar-refractivity contribution < 1.29 is 9.15 Å². The lowest BCUT2D eigenvalue weighted by Crippen LogP contribution is -2.18. The third kappa shape index (κ3) is 4.57. The van der Waals surface area contributed by atoms with Crippen molar-refractivity contribution in [1.29, 1.82) is 0 Å². The van der Waals surface area contributed by atoms with Crippen molar-refractivity contribution in [2.45, 2.75) is 45.8 Å². The molecular formula is C15H21N3O2. The van der Waals surface area contributed by atoms with Crippen molar-refractivity contribution in [3.05, 3.63) is 36.4 Å². The number of aryl methyl sites for hydroxylation is 1. The molecule has 0 fully saturated rings. The standard InChI is InChI=1S/C15H21N3O2/c1-11(2)20-14-8-9-16-15(18-14)17-12(3)6-7-13-5-4-10-19-13/h4-5,8-12H,6-7H2,1-3H3,(H,16,17,18). The van der Waals surface area contributed by atoms with Crippen LogP contribution in [0.15, 0.2) is 35.1 Å². The van der Waals surface area contributed by atoms with Gasteiger partial charge in [0.05, 0.1) is 12.4 Å². The summed E-state index contributed by atoms with van der Waals surface area (Å²) in [5.74, 6) is 2.18. The highest BCUT2D eigenvalue weighted by molar-refractivity contribution is 5.28. The average molecular weight is 275 g/mol. The Kier molecular flexibility index (Phi) is 4.98. The van der Waals surface area contributed by atoms with E-state index >= 15 is 0 Å². The van der Waals surface area contributed by atoms with Gasteiger partial charge in [0.15, 0.2) is 0 Å². The van der Waals surface area contributed by atoms with Crippen LogP contribution in [0, 0.1) is 0 Å². The van der Waals surface area contributed by atoms with Crippen LogP contribution in [0.4, 0.5) is 5.95 Å². The summed E-state index contributed by atoms with van der Waals surface area (Å²) in [6.45, 7) is 6.05. The Bertz CT molecular complexity index is 512. The molecule has 0 aliphatic carbocycles. The summed E-state index contributed by atoms with van der Waals surface area (Å²) in [6.07, 6.45) is 5.35. The first-order chi connectivity index (χ1) is 9.63. The molecule has 0 saturated heterocycles. The molecule has 0 radical (unpaired) electrons. The molecule has 0 saturated carbocycles. The van der Waals surface area contributed by atoms with Crippen molar-refractivity contribution in [2.24, 2.45) is 0 Å². The normalized spacial score (nSPS) is 12.4. The van der Waals surface area contributed by atoms with Gasteiger partial charge in [-0.1, -0.05) is 0 Å². The number of anilines is 1. The Morgan fingerprint density at radius 3 is 2.85 bits per heavy atom. The number of hydrogen-bond acceptors (Lipinski definition) is 5. The lowest BCUT2D eigenvalue weighted by atomic mass is 10.1. The fourth-order valence-electron chi connectivity index (χ4n) is 1.82. The van der Waals surface area contributed by atoms with Gasteiger partial charge in [-0.25, -0.2) is 4.98 Å². The van der Waals surface area contributed by atoms with E-state index < -0.39 is 0 Å². The molecule has 2 aromatic heterocycles. The van der Waals surface area contributed by atoms with E-state index in [9.17, 15) is 0 Å². The monoisotopic (exact) mass is 275 g/mol.